The zero-order valence-corrected chi connectivity index (χ0v) is 13.7. The Morgan fingerprint density at radius 3 is 2.41 bits per heavy atom. The number of rotatable bonds is 7. The van der Waals surface area contributed by atoms with E-state index in [-0.39, 0.29) is 10.9 Å². The maximum Gasteiger partial charge on any atom is 0.323 e. The third-order valence-corrected chi connectivity index (χ3v) is 4.40. The minimum atomic E-state index is -3.90. The zero-order valence-electron chi connectivity index (χ0n) is 12.8. The summed E-state index contributed by atoms with van der Waals surface area (Å²) in [6.07, 6.45) is 2.47. The number of carboxylic acids is 1. The number of hydrogen-bond acceptors (Lipinski definition) is 5. The van der Waals surface area contributed by atoms with E-state index < -0.39 is 34.5 Å². The highest BCUT2D eigenvalue weighted by atomic mass is 32.2. The summed E-state index contributed by atoms with van der Waals surface area (Å²) in [4.78, 5) is 24.1. The fourth-order valence-corrected chi connectivity index (χ4v) is 2.98. The summed E-state index contributed by atoms with van der Waals surface area (Å²) >= 11 is 0. The molecule has 1 aromatic rings. The number of carboxylic acid groups (broad SMARTS) is 1. The SMILES string of the molecule is CC(NS(=O)(=O)c1cnn(C)c1)C(=O)N(CC(=O)O)C(C)C. The lowest BCUT2D eigenvalue weighted by atomic mass is 10.2. The number of sulfonamides is 1. The Morgan fingerprint density at radius 2 is 2.00 bits per heavy atom. The van der Waals surface area contributed by atoms with Gasteiger partial charge < -0.3 is 10.0 Å². The molecule has 0 saturated heterocycles. The van der Waals surface area contributed by atoms with Crippen LogP contribution in [0.1, 0.15) is 20.8 Å². The number of amides is 1. The minimum absolute atomic E-state index is 0.0658. The summed E-state index contributed by atoms with van der Waals surface area (Å²) in [7, 11) is -2.33. The van der Waals surface area contributed by atoms with Gasteiger partial charge in [-0.25, -0.2) is 8.42 Å². The highest BCUT2D eigenvalue weighted by Gasteiger charge is 2.28. The Labute approximate surface area is 129 Å². The molecule has 0 saturated carbocycles. The minimum Gasteiger partial charge on any atom is -0.480 e. The van der Waals surface area contributed by atoms with Crippen LogP contribution < -0.4 is 4.72 Å². The Bertz CT molecular complexity index is 652. The van der Waals surface area contributed by atoms with Gasteiger partial charge in [-0.1, -0.05) is 0 Å². The Balaban J connectivity index is 2.88. The first-order chi connectivity index (χ1) is 10.0. The molecule has 0 aliphatic heterocycles. The van der Waals surface area contributed by atoms with Crippen molar-refractivity contribution in [2.24, 2.45) is 7.05 Å². The summed E-state index contributed by atoms with van der Waals surface area (Å²) in [5, 5.41) is 12.6. The highest BCUT2D eigenvalue weighted by molar-refractivity contribution is 7.89. The lowest BCUT2D eigenvalue weighted by Gasteiger charge is -2.28. The summed E-state index contributed by atoms with van der Waals surface area (Å²) in [5.74, 6) is -1.77. The highest BCUT2D eigenvalue weighted by Crippen LogP contribution is 2.09. The molecule has 0 spiro atoms. The van der Waals surface area contributed by atoms with Gasteiger partial charge in [0, 0.05) is 19.3 Å². The summed E-state index contributed by atoms with van der Waals surface area (Å²) in [5.41, 5.74) is 0. The van der Waals surface area contributed by atoms with Crippen LogP contribution in [0.25, 0.3) is 0 Å². The predicted octanol–water partition coefficient (Wildman–Crippen LogP) is -0.591. The number of aliphatic carboxylic acids is 1. The molecule has 0 aromatic carbocycles. The summed E-state index contributed by atoms with van der Waals surface area (Å²) < 4.78 is 27.8. The van der Waals surface area contributed by atoms with Gasteiger partial charge in [0.1, 0.15) is 11.4 Å². The Hall–Kier alpha value is -1.94. The molecule has 1 unspecified atom stereocenters. The molecule has 124 valence electrons. The smallest absolute Gasteiger partial charge is 0.323 e. The lowest BCUT2D eigenvalue weighted by molar-refractivity contribution is -0.146. The van der Waals surface area contributed by atoms with Crippen LogP contribution in [0.3, 0.4) is 0 Å². The van der Waals surface area contributed by atoms with Gasteiger partial charge in [0.15, 0.2) is 0 Å². The average molecular weight is 332 g/mol. The number of carbonyl (C=O) groups is 2. The number of hydrogen-bond donors (Lipinski definition) is 2. The van der Waals surface area contributed by atoms with Crippen LogP contribution in [0.4, 0.5) is 0 Å². The molecule has 1 amide bonds. The summed E-state index contributed by atoms with van der Waals surface area (Å²) in [6.45, 7) is 4.19. The van der Waals surface area contributed by atoms with E-state index in [1.807, 2.05) is 0 Å². The van der Waals surface area contributed by atoms with Crippen LogP contribution in [0.2, 0.25) is 0 Å². The molecule has 22 heavy (non-hydrogen) atoms. The first-order valence-corrected chi connectivity index (χ1v) is 8.06. The first-order valence-electron chi connectivity index (χ1n) is 6.58. The molecular weight excluding hydrogens is 312 g/mol. The van der Waals surface area contributed by atoms with Crippen molar-refractivity contribution >= 4 is 21.9 Å². The van der Waals surface area contributed by atoms with E-state index in [2.05, 4.69) is 9.82 Å². The van der Waals surface area contributed by atoms with Crippen molar-refractivity contribution in [2.45, 2.75) is 37.8 Å². The second-order valence-electron chi connectivity index (χ2n) is 5.15. The topological polar surface area (TPSA) is 122 Å². The van der Waals surface area contributed by atoms with Crippen LogP contribution in [0, 0.1) is 0 Å². The lowest BCUT2D eigenvalue weighted by Crippen LogP contribution is -2.50. The quantitative estimate of drug-likeness (QED) is 0.688. The van der Waals surface area contributed by atoms with Crippen molar-refractivity contribution in [3.63, 3.8) is 0 Å². The van der Waals surface area contributed by atoms with E-state index in [1.54, 1.807) is 20.9 Å². The van der Waals surface area contributed by atoms with Crippen molar-refractivity contribution < 1.29 is 23.1 Å². The van der Waals surface area contributed by atoms with Crippen LogP contribution in [-0.2, 0) is 26.7 Å². The van der Waals surface area contributed by atoms with Crippen LogP contribution in [0.15, 0.2) is 17.3 Å². The number of aryl methyl sites for hydroxylation is 1. The maximum absolute atomic E-state index is 12.2. The summed E-state index contributed by atoms with van der Waals surface area (Å²) in [6, 6.07) is -1.46. The molecule has 0 bridgehead atoms. The molecule has 1 aromatic heterocycles. The average Bonchev–Trinajstić information content (AvgIpc) is 2.81. The molecule has 10 heteroatoms. The fraction of sp³-hybridized carbons (Fsp3) is 0.583. The monoisotopic (exact) mass is 332 g/mol. The van der Waals surface area contributed by atoms with Gasteiger partial charge in [-0.05, 0) is 20.8 Å². The number of aromatic nitrogens is 2. The van der Waals surface area contributed by atoms with Crippen LogP contribution in [0.5, 0.6) is 0 Å². The van der Waals surface area contributed by atoms with Crippen molar-refractivity contribution in [2.75, 3.05) is 6.54 Å². The van der Waals surface area contributed by atoms with Gasteiger partial charge >= 0.3 is 5.97 Å². The van der Waals surface area contributed by atoms with E-state index in [0.29, 0.717) is 0 Å². The van der Waals surface area contributed by atoms with Gasteiger partial charge in [0.2, 0.25) is 15.9 Å². The molecule has 1 atom stereocenters. The van der Waals surface area contributed by atoms with Crippen LogP contribution >= 0.6 is 0 Å². The normalized spacial score (nSPS) is 13.1. The third kappa shape index (κ3) is 4.53. The van der Waals surface area contributed by atoms with E-state index in [4.69, 9.17) is 5.11 Å². The van der Waals surface area contributed by atoms with Gasteiger partial charge in [0.25, 0.3) is 0 Å². The second kappa shape index (κ2) is 6.88. The molecule has 0 aliphatic rings. The molecule has 0 radical (unpaired) electrons. The predicted molar refractivity (Wildman–Crippen MR) is 77.5 cm³/mol. The number of carbonyl (C=O) groups excluding carboxylic acids is 1. The molecule has 1 heterocycles. The van der Waals surface area contributed by atoms with Gasteiger partial charge in [0.05, 0.1) is 12.2 Å². The van der Waals surface area contributed by atoms with E-state index >= 15 is 0 Å². The molecule has 9 nitrogen and oxygen atoms in total. The van der Waals surface area contributed by atoms with Crippen molar-refractivity contribution in [3.8, 4) is 0 Å². The van der Waals surface area contributed by atoms with Gasteiger partial charge in [-0.3, -0.25) is 14.3 Å². The van der Waals surface area contributed by atoms with Crippen molar-refractivity contribution in [1.29, 1.82) is 0 Å². The molecular formula is C12H20N4O5S. The van der Waals surface area contributed by atoms with Crippen molar-refractivity contribution in [1.82, 2.24) is 19.4 Å². The van der Waals surface area contributed by atoms with Gasteiger partial charge in [-0.2, -0.15) is 9.82 Å². The maximum atomic E-state index is 12.2. The van der Waals surface area contributed by atoms with Crippen molar-refractivity contribution in [3.05, 3.63) is 12.4 Å². The molecule has 0 aliphatic carbocycles. The molecule has 2 N–H and O–H groups in total. The fourth-order valence-electron chi connectivity index (χ4n) is 1.80. The van der Waals surface area contributed by atoms with Gasteiger partial charge in [-0.15, -0.1) is 0 Å². The first kappa shape index (κ1) is 18.1. The number of nitrogens with one attached hydrogen (secondary N) is 1. The standard InChI is InChI=1S/C12H20N4O5S/c1-8(2)16(7-11(17)18)12(19)9(3)14-22(20,21)10-5-13-15(4)6-10/h5-6,8-9,14H,7H2,1-4H3,(H,17,18). The van der Waals surface area contributed by atoms with Crippen LogP contribution in [-0.4, -0.2) is 58.7 Å². The second-order valence-corrected chi connectivity index (χ2v) is 6.86. The number of nitrogens with zero attached hydrogens (tertiary/aromatic N) is 3. The van der Waals surface area contributed by atoms with E-state index in [1.165, 1.54) is 17.8 Å². The van der Waals surface area contributed by atoms with E-state index in [0.717, 1.165) is 11.1 Å². The van der Waals surface area contributed by atoms with E-state index in [9.17, 15) is 18.0 Å². The Morgan fingerprint density at radius 1 is 1.41 bits per heavy atom. The third-order valence-electron chi connectivity index (χ3n) is 2.91. The Kier molecular flexibility index (Phi) is 5.66. The molecule has 0 fully saturated rings. The molecule has 1 rings (SSSR count). The largest absolute Gasteiger partial charge is 0.480 e. The zero-order chi connectivity index (χ0) is 17.1.